The van der Waals surface area contributed by atoms with Crippen LogP contribution in [0.15, 0.2) is 18.2 Å². The second-order valence-corrected chi connectivity index (χ2v) is 3.68. The molecular weight excluding hydrogens is 192 g/mol. The zero-order chi connectivity index (χ0) is 10.8. The van der Waals surface area contributed by atoms with E-state index in [1.54, 1.807) is 11.9 Å². The summed E-state index contributed by atoms with van der Waals surface area (Å²) in [7, 11) is 1.71. The Morgan fingerprint density at radius 2 is 2.00 bits per heavy atom. The Bertz CT molecular complexity index is 404. The van der Waals surface area contributed by atoms with Crippen LogP contribution < -0.4 is 4.90 Å². The highest BCUT2D eigenvalue weighted by Gasteiger charge is 2.17. The summed E-state index contributed by atoms with van der Waals surface area (Å²) in [6.45, 7) is 1.31. The van der Waals surface area contributed by atoms with Gasteiger partial charge in [0.15, 0.2) is 0 Å². The van der Waals surface area contributed by atoms with Gasteiger partial charge in [-0.2, -0.15) is 0 Å². The van der Waals surface area contributed by atoms with Crippen molar-refractivity contribution in [3.63, 3.8) is 0 Å². The zero-order valence-corrected chi connectivity index (χ0v) is 8.51. The first-order valence-corrected chi connectivity index (χ1v) is 4.74. The molecule has 0 radical (unpaired) electrons. The van der Waals surface area contributed by atoms with E-state index in [1.807, 2.05) is 18.2 Å². The van der Waals surface area contributed by atoms with E-state index in [4.69, 9.17) is 0 Å². The summed E-state index contributed by atoms with van der Waals surface area (Å²) in [6, 6.07) is 5.81. The SMILES string of the molecule is CN(C=O)c1ccc2c(c1)CN(C=O)C2. The predicted octanol–water partition coefficient (Wildman–Crippen LogP) is 0.751. The number of fused-ring (bicyclic) bond motifs is 1. The Kier molecular flexibility index (Phi) is 2.41. The minimum Gasteiger partial charge on any atom is -0.337 e. The highest BCUT2D eigenvalue weighted by molar-refractivity contribution is 5.74. The zero-order valence-electron chi connectivity index (χ0n) is 8.51. The molecule has 0 saturated carbocycles. The summed E-state index contributed by atoms with van der Waals surface area (Å²) in [5.41, 5.74) is 3.13. The van der Waals surface area contributed by atoms with E-state index >= 15 is 0 Å². The van der Waals surface area contributed by atoms with Crippen LogP contribution in [0.1, 0.15) is 11.1 Å². The van der Waals surface area contributed by atoms with Crippen molar-refractivity contribution in [1.29, 1.82) is 0 Å². The molecule has 0 spiro atoms. The van der Waals surface area contributed by atoms with E-state index in [0.717, 1.165) is 29.6 Å². The molecule has 78 valence electrons. The van der Waals surface area contributed by atoms with Gasteiger partial charge in [-0.15, -0.1) is 0 Å². The molecule has 0 aromatic heterocycles. The largest absolute Gasteiger partial charge is 0.337 e. The molecule has 1 aromatic carbocycles. The van der Waals surface area contributed by atoms with Crippen LogP contribution in [-0.4, -0.2) is 24.8 Å². The average molecular weight is 204 g/mol. The topological polar surface area (TPSA) is 40.6 Å². The van der Waals surface area contributed by atoms with Gasteiger partial charge in [-0.05, 0) is 23.3 Å². The van der Waals surface area contributed by atoms with Gasteiger partial charge in [0, 0.05) is 25.8 Å². The van der Waals surface area contributed by atoms with Gasteiger partial charge in [-0.1, -0.05) is 6.07 Å². The van der Waals surface area contributed by atoms with Crippen molar-refractivity contribution in [2.24, 2.45) is 0 Å². The number of nitrogens with zero attached hydrogens (tertiary/aromatic N) is 2. The van der Waals surface area contributed by atoms with Crippen molar-refractivity contribution in [3.8, 4) is 0 Å². The van der Waals surface area contributed by atoms with Crippen LogP contribution in [-0.2, 0) is 22.7 Å². The van der Waals surface area contributed by atoms with E-state index in [-0.39, 0.29) is 0 Å². The first-order chi connectivity index (χ1) is 7.24. The fourth-order valence-corrected chi connectivity index (χ4v) is 1.76. The van der Waals surface area contributed by atoms with E-state index in [1.165, 1.54) is 4.90 Å². The summed E-state index contributed by atoms with van der Waals surface area (Å²) in [5.74, 6) is 0. The number of carbonyl (C=O) groups excluding carboxylic acids is 2. The first-order valence-electron chi connectivity index (χ1n) is 4.74. The van der Waals surface area contributed by atoms with Gasteiger partial charge in [-0.25, -0.2) is 0 Å². The fourth-order valence-electron chi connectivity index (χ4n) is 1.76. The van der Waals surface area contributed by atoms with Crippen molar-refractivity contribution in [1.82, 2.24) is 4.90 Å². The maximum atomic E-state index is 10.6. The second kappa shape index (κ2) is 3.73. The molecule has 4 heteroatoms. The molecule has 0 fully saturated rings. The third-order valence-corrected chi connectivity index (χ3v) is 2.65. The number of hydrogen-bond donors (Lipinski definition) is 0. The van der Waals surface area contributed by atoms with Gasteiger partial charge < -0.3 is 9.80 Å². The van der Waals surface area contributed by atoms with Gasteiger partial charge in [0.1, 0.15) is 0 Å². The monoisotopic (exact) mass is 204 g/mol. The number of amides is 2. The van der Waals surface area contributed by atoms with Crippen molar-refractivity contribution in [2.45, 2.75) is 13.1 Å². The van der Waals surface area contributed by atoms with Crippen LogP contribution >= 0.6 is 0 Å². The van der Waals surface area contributed by atoms with E-state index in [0.29, 0.717) is 13.1 Å². The fraction of sp³-hybridized carbons (Fsp3) is 0.273. The van der Waals surface area contributed by atoms with Crippen molar-refractivity contribution in [3.05, 3.63) is 29.3 Å². The lowest BCUT2D eigenvalue weighted by atomic mass is 10.1. The molecule has 4 nitrogen and oxygen atoms in total. The van der Waals surface area contributed by atoms with Gasteiger partial charge >= 0.3 is 0 Å². The smallest absolute Gasteiger partial charge is 0.213 e. The minimum atomic E-state index is 0.638. The van der Waals surface area contributed by atoms with Gasteiger partial charge in [0.25, 0.3) is 0 Å². The van der Waals surface area contributed by atoms with Crippen molar-refractivity contribution >= 4 is 18.5 Å². The van der Waals surface area contributed by atoms with Crippen LogP contribution in [0, 0.1) is 0 Å². The van der Waals surface area contributed by atoms with Gasteiger partial charge in [0.05, 0.1) is 0 Å². The number of benzene rings is 1. The summed E-state index contributed by atoms with van der Waals surface area (Å²) >= 11 is 0. The summed E-state index contributed by atoms with van der Waals surface area (Å²) in [4.78, 5) is 24.4. The lowest BCUT2D eigenvalue weighted by molar-refractivity contribution is -0.118. The van der Waals surface area contributed by atoms with E-state index in [9.17, 15) is 9.59 Å². The lowest BCUT2D eigenvalue weighted by Crippen LogP contribution is -2.14. The molecule has 1 heterocycles. The second-order valence-electron chi connectivity index (χ2n) is 3.68. The predicted molar refractivity (Wildman–Crippen MR) is 56.2 cm³/mol. The first kappa shape index (κ1) is 9.71. The Morgan fingerprint density at radius 1 is 1.27 bits per heavy atom. The Hall–Kier alpha value is -1.84. The van der Waals surface area contributed by atoms with Crippen LogP contribution in [0.5, 0.6) is 0 Å². The molecule has 2 amide bonds. The molecule has 1 aliphatic heterocycles. The van der Waals surface area contributed by atoms with Gasteiger partial charge in [0.2, 0.25) is 12.8 Å². The molecular formula is C11H12N2O2. The summed E-state index contributed by atoms with van der Waals surface area (Å²) in [6.07, 6.45) is 1.62. The average Bonchev–Trinajstić information content (AvgIpc) is 2.69. The molecule has 1 aliphatic rings. The summed E-state index contributed by atoms with van der Waals surface area (Å²) in [5, 5.41) is 0. The normalized spacial score (nSPS) is 13.5. The van der Waals surface area contributed by atoms with Crippen LogP contribution in [0.3, 0.4) is 0 Å². The highest BCUT2D eigenvalue weighted by Crippen LogP contribution is 2.25. The van der Waals surface area contributed by atoms with Crippen LogP contribution in [0.25, 0.3) is 0 Å². The number of hydrogen-bond acceptors (Lipinski definition) is 2. The number of anilines is 1. The van der Waals surface area contributed by atoms with Crippen LogP contribution in [0.4, 0.5) is 5.69 Å². The Morgan fingerprint density at radius 3 is 2.67 bits per heavy atom. The molecule has 1 aromatic rings. The van der Waals surface area contributed by atoms with E-state index < -0.39 is 0 Å². The molecule has 15 heavy (non-hydrogen) atoms. The number of rotatable bonds is 3. The maximum Gasteiger partial charge on any atom is 0.213 e. The van der Waals surface area contributed by atoms with E-state index in [2.05, 4.69) is 0 Å². The summed E-state index contributed by atoms with van der Waals surface area (Å²) < 4.78 is 0. The molecule has 0 atom stereocenters. The Labute approximate surface area is 88.1 Å². The number of carbonyl (C=O) groups is 2. The molecule has 2 rings (SSSR count). The Balaban J connectivity index is 2.29. The standard InChI is InChI=1S/C11H12N2O2/c1-12(7-14)11-3-2-9-5-13(8-15)6-10(9)4-11/h2-4,7-8H,5-6H2,1H3. The quantitative estimate of drug-likeness (QED) is 0.682. The van der Waals surface area contributed by atoms with Crippen LogP contribution in [0.2, 0.25) is 0 Å². The van der Waals surface area contributed by atoms with Crippen molar-refractivity contribution in [2.75, 3.05) is 11.9 Å². The third-order valence-electron chi connectivity index (χ3n) is 2.65. The molecule has 0 unspecified atom stereocenters. The molecule has 0 N–H and O–H groups in total. The lowest BCUT2D eigenvalue weighted by Gasteiger charge is -2.11. The third kappa shape index (κ3) is 1.70. The maximum absolute atomic E-state index is 10.6. The molecule has 0 aliphatic carbocycles. The molecule has 0 bridgehead atoms. The molecule has 0 saturated heterocycles. The van der Waals surface area contributed by atoms with Gasteiger partial charge in [-0.3, -0.25) is 9.59 Å². The highest BCUT2D eigenvalue weighted by atomic mass is 16.1. The van der Waals surface area contributed by atoms with Crippen molar-refractivity contribution < 1.29 is 9.59 Å². The minimum absolute atomic E-state index is 0.638.